The maximum absolute atomic E-state index is 15.3. The van der Waals surface area contributed by atoms with E-state index in [9.17, 15) is 0 Å². The second kappa shape index (κ2) is 10.8. The molecule has 0 spiro atoms. The summed E-state index contributed by atoms with van der Waals surface area (Å²) in [6.07, 6.45) is 15.4. The Morgan fingerprint density at radius 3 is 1.81 bits per heavy atom. The van der Waals surface area contributed by atoms with Crippen LogP contribution in [0.3, 0.4) is 0 Å². The first-order valence-corrected chi connectivity index (χ1v) is 13.1. The summed E-state index contributed by atoms with van der Waals surface area (Å²) in [7, 11) is 0. The molecule has 1 heteroatoms. The van der Waals surface area contributed by atoms with Crippen molar-refractivity contribution in [1.82, 2.24) is 0 Å². The summed E-state index contributed by atoms with van der Waals surface area (Å²) in [5.41, 5.74) is 4.94. The highest BCUT2D eigenvalue weighted by molar-refractivity contribution is 5.72. The van der Waals surface area contributed by atoms with Gasteiger partial charge in [0, 0.05) is 0 Å². The molecule has 0 radical (unpaired) electrons. The van der Waals surface area contributed by atoms with Crippen molar-refractivity contribution in [1.29, 1.82) is 0 Å². The van der Waals surface area contributed by atoms with Crippen molar-refractivity contribution in [3.63, 3.8) is 0 Å². The van der Waals surface area contributed by atoms with E-state index < -0.39 is 0 Å². The van der Waals surface area contributed by atoms with Gasteiger partial charge in [0.2, 0.25) is 0 Å². The SMILES string of the molecule is CCCC1CCC(c2ccccc2-c2cccc(F)c2C2CCC(CCC)CC2)CC1. The average molecular weight is 421 g/mol. The number of benzene rings is 2. The minimum Gasteiger partial charge on any atom is -0.207 e. The molecule has 4 rings (SSSR count). The number of hydrogen-bond acceptors (Lipinski definition) is 0. The van der Waals surface area contributed by atoms with Gasteiger partial charge in [0.1, 0.15) is 5.82 Å². The van der Waals surface area contributed by atoms with Gasteiger partial charge >= 0.3 is 0 Å². The van der Waals surface area contributed by atoms with Crippen LogP contribution in [0.5, 0.6) is 0 Å². The summed E-state index contributed by atoms with van der Waals surface area (Å²) in [6, 6.07) is 14.7. The molecule has 0 amide bonds. The van der Waals surface area contributed by atoms with Gasteiger partial charge in [-0.05, 0) is 103 Å². The Kier molecular flexibility index (Phi) is 7.86. The number of rotatable bonds is 7. The van der Waals surface area contributed by atoms with E-state index in [2.05, 4.69) is 44.2 Å². The molecule has 0 unspecified atom stereocenters. The van der Waals surface area contributed by atoms with Gasteiger partial charge in [0.25, 0.3) is 0 Å². The molecule has 0 N–H and O–H groups in total. The Morgan fingerprint density at radius 2 is 1.19 bits per heavy atom. The first kappa shape index (κ1) is 22.6. The molecule has 0 saturated heterocycles. The molecule has 0 nitrogen and oxygen atoms in total. The third kappa shape index (κ3) is 5.24. The summed E-state index contributed by atoms with van der Waals surface area (Å²) in [6.45, 7) is 4.59. The number of hydrogen-bond donors (Lipinski definition) is 0. The largest absolute Gasteiger partial charge is 0.207 e. The molecule has 2 saturated carbocycles. The summed E-state index contributed by atoms with van der Waals surface area (Å²) < 4.78 is 15.3. The van der Waals surface area contributed by atoms with Crippen molar-refractivity contribution >= 4 is 0 Å². The lowest BCUT2D eigenvalue weighted by atomic mass is 9.73. The van der Waals surface area contributed by atoms with Gasteiger partial charge in [-0.15, -0.1) is 0 Å². The predicted octanol–water partition coefficient (Wildman–Crippen LogP) is 9.64. The van der Waals surface area contributed by atoms with Crippen LogP contribution in [-0.4, -0.2) is 0 Å². The minimum atomic E-state index is 0.0119. The van der Waals surface area contributed by atoms with Crippen molar-refractivity contribution in [3.05, 3.63) is 59.4 Å². The number of halogens is 1. The van der Waals surface area contributed by atoms with Gasteiger partial charge in [-0.3, -0.25) is 0 Å². The molecule has 2 aromatic rings. The normalized spacial score (nSPS) is 26.7. The van der Waals surface area contributed by atoms with Gasteiger partial charge < -0.3 is 0 Å². The molecule has 2 aliphatic carbocycles. The van der Waals surface area contributed by atoms with Gasteiger partial charge in [0.15, 0.2) is 0 Å². The van der Waals surface area contributed by atoms with Crippen LogP contribution in [0.25, 0.3) is 11.1 Å². The highest BCUT2D eigenvalue weighted by Gasteiger charge is 2.28. The molecular weight excluding hydrogens is 379 g/mol. The van der Waals surface area contributed by atoms with E-state index in [1.165, 1.54) is 80.9 Å². The van der Waals surface area contributed by atoms with Crippen LogP contribution >= 0.6 is 0 Å². The first-order valence-electron chi connectivity index (χ1n) is 13.1. The van der Waals surface area contributed by atoms with Crippen molar-refractivity contribution in [2.45, 2.75) is 103 Å². The molecule has 0 bridgehead atoms. The topological polar surface area (TPSA) is 0 Å². The lowest BCUT2D eigenvalue weighted by Gasteiger charge is -2.32. The highest BCUT2D eigenvalue weighted by Crippen LogP contribution is 2.45. The van der Waals surface area contributed by atoms with Crippen molar-refractivity contribution in [3.8, 4) is 11.1 Å². The van der Waals surface area contributed by atoms with E-state index >= 15 is 4.39 Å². The zero-order chi connectivity index (χ0) is 21.6. The van der Waals surface area contributed by atoms with Gasteiger partial charge in [-0.2, -0.15) is 0 Å². The molecule has 0 aromatic heterocycles. The van der Waals surface area contributed by atoms with Crippen molar-refractivity contribution in [2.75, 3.05) is 0 Å². The Balaban J connectivity index is 1.61. The van der Waals surface area contributed by atoms with E-state index in [1.54, 1.807) is 6.07 Å². The Bertz CT molecular complexity index is 822. The van der Waals surface area contributed by atoms with Gasteiger partial charge in [-0.1, -0.05) is 75.9 Å². The third-order valence-electron chi connectivity index (χ3n) is 8.24. The van der Waals surface area contributed by atoms with Crippen LogP contribution in [0.2, 0.25) is 0 Å². The first-order chi connectivity index (χ1) is 15.2. The lowest BCUT2D eigenvalue weighted by molar-refractivity contribution is 0.304. The molecule has 31 heavy (non-hydrogen) atoms. The monoisotopic (exact) mass is 420 g/mol. The highest BCUT2D eigenvalue weighted by atomic mass is 19.1. The minimum absolute atomic E-state index is 0.0119. The molecule has 2 fully saturated rings. The fraction of sp³-hybridized carbons (Fsp3) is 0.600. The fourth-order valence-corrected chi connectivity index (χ4v) is 6.60. The maximum Gasteiger partial charge on any atom is 0.127 e. The standard InChI is InChI=1S/C30H41F/c1-3-8-22-14-18-24(19-15-22)26-10-5-6-11-27(26)28-12-7-13-29(31)30(28)25-20-16-23(9-4-2)17-21-25/h5-7,10-13,22-25H,3-4,8-9,14-21H2,1-2H3. The van der Waals surface area contributed by atoms with Gasteiger partial charge in [-0.25, -0.2) is 4.39 Å². The van der Waals surface area contributed by atoms with Crippen LogP contribution in [0.1, 0.15) is 114 Å². The summed E-state index contributed by atoms with van der Waals surface area (Å²) in [5.74, 6) is 2.77. The zero-order valence-corrected chi connectivity index (χ0v) is 19.7. The predicted molar refractivity (Wildman–Crippen MR) is 131 cm³/mol. The summed E-state index contributed by atoms with van der Waals surface area (Å²) >= 11 is 0. The quantitative estimate of drug-likeness (QED) is 0.418. The third-order valence-corrected chi connectivity index (χ3v) is 8.24. The van der Waals surface area contributed by atoms with Crippen LogP contribution in [-0.2, 0) is 0 Å². The molecule has 2 aromatic carbocycles. The lowest BCUT2D eigenvalue weighted by Crippen LogP contribution is -2.16. The second-order valence-corrected chi connectivity index (χ2v) is 10.3. The Hall–Kier alpha value is -1.63. The van der Waals surface area contributed by atoms with Gasteiger partial charge in [0.05, 0.1) is 0 Å². The smallest absolute Gasteiger partial charge is 0.127 e. The maximum atomic E-state index is 15.3. The summed E-state index contributed by atoms with van der Waals surface area (Å²) in [4.78, 5) is 0. The molecule has 168 valence electrons. The zero-order valence-electron chi connectivity index (χ0n) is 19.7. The molecule has 2 aliphatic rings. The van der Waals surface area contributed by atoms with E-state index in [0.29, 0.717) is 11.8 Å². The molecule has 0 heterocycles. The van der Waals surface area contributed by atoms with Crippen molar-refractivity contribution < 1.29 is 4.39 Å². The van der Waals surface area contributed by atoms with E-state index in [1.807, 2.05) is 6.07 Å². The van der Waals surface area contributed by atoms with Crippen molar-refractivity contribution in [2.24, 2.45) is 11.8 Å². The molecular formula is C30H41F. The summed E-state index contributed by atoms with van der Waals surface area (Å²) in [5, 5.41) is 0. The van der Waals surface area contributed by atoms with E-state index in [0.717, 1.165) is 30.2 Å². The second-order valence-electron chi connectivity index (χ2n) is 10.3. The Labute approximate surface area is 189 Å². The fourth-order valence-electron chi connectivity index (χ4n) is 6.60. The average Bonchev–Trinajstić information content (AvgIpc) is 2.81. The van der Waals surface area contributed by atoms with Crippen LogP contribution in [0.4, 0.5) is 4.39 Å². The molecule has 0 aliphatic heterocycles. The van der Waals surface area contributed by atoms with E-state index in [-0.39, 0.29) is 5.82 Å². The van der Waals surface area contributed by atoms with E-state index in [4.69, 9.17) is 0 Å². The van der Waals surface area contributed by atoms with Crippen LogP contribution < -0.4 is 0 Å². The Morgan fingerprint density at radius 1 is 0.645 bits per heavy atom. The van der Waals surface area contributed by atoms with Crippen LogP contribution in [0.15, 0.2) is 42.5 Å². The van der Waals surface area contributed by atoms with Crippen LogP contribution in [0, 0.1) is 17.7 Å². The molecule has 0 atom stereocenters.